The molecule has 0 saturated carbocycles. The van der Waals surface area contributed by atoms with Gasteiger partial charge in [-0.1, -0.05) is 29.3 Å². The predicted molar refractivity (Wildman–Crippen MR) is 119 cm³/mol. The highest BCUT2D eigenvalue weighted by Crippen LogP contribution is 2.28. The number of halogens is 2. The Balaban J connectivity index is 1.44. The van der Waals surface area contributed by atoms with Gasteiger partial charge in [0, 0.05) is 32.2 Å². The highest BCUT2D eigenvalue weighted by molar-refractivity contribution is 7.89. The number of nitriles is 1. The van der Waals surface area contributed by atoms with Crippen molar-refractivity contribution in [2.75, 3.05) is 26.2 Å². The first-order valence-corrected chi connectivity index (χ1v) is 12.0. The van der Waals surface area contributed by atoms with E-state index in [4.69, 9.17) is 33.2 Å². The first-order chi connectivity index (χ1) is 14.8. The number of β-amino-alcohol motifs (C(OH)–C–C–N with tert-alkyl or cyclic N) is 1. The molecule has 166 valence electrons. The van der Waals surface area contributed by atoms with Gasteiger partial charge in [0.05, 0.1) is 32.7 Å². The Morgan fingerprint density at radius 3 is 2.61 bits per heavy atom. The monoisotopic (exact) mass is 483 g/mol. The van der Waals surface area contributed by atoms with Crippen LogP contribution in [-0.2, 0) is 10.0 Å². The van der Waals surface area contributed by atoms with E-state index in [0.29, 0.717) is 22.3 Å². The fourth-order valence-electron chi connectivity index (χ4n) is 3.34. The van der Waals surface area contributed by atoms with E-state index in [2.05, 4.69) is 9.62 Å². The normalized spacial score (nSPS) is 16.6. The summed E-state index contributed by atoms with van der Waals surface area (Å²) in [5.74, 6) is 0.669. The van der Waals surface area contributed by atoms with Crippen LogP contribution in [0.1, 0.15) is 18.4 Å². The van der Waals surface area contributed by atoms with E-state index >= 15 is 0 Å². The molecule has 0 aromatic heterocycles. The number of rotatable bonds is 8. The number of nitrogens with zero attached hydrogens (tertiary/aromatic N) is 2. The average molecular weight is 484 g/mol. The number of nitrogens with one attached hydrogen (secondary N) is 1. The number of hydrogen-bond acceptors (Lipinski definition) is 6. The predicted octanol–water partition coefficient (Wildman–Crippen LogP) is 3.05. The Bertz CT molecular complexity index is 1050. The summed E-state index contributed by atoms with van der Waals surface area (Å²) >= 11 is 11.9. The summed E-state index contributed by atoms with van der Waals surface area (Å²) in [6.45, 7) is 1.68. The van der Waals surface area contributed by atoms with Crippen molar-refractivity contribution >= 4 is 33.2 Å². The fourth-order valence-corrected chi connectivity index (χ4v) is 4.74. The molecule has 31 heavy (non-hydrogen) atoms. The van der Waals surface area contributed by atoms with Crippen LogP contribution in [0.5, 0.6) is 5.75 Å². The molecule has 0 radical (unpaired) electrons. The lowest BCUT2D eigenvalue weighted by atomic mass is 10.1. The van der Waals surface area contributed by atoms with Gasteiger partial charge in [-0.15, -0.1) is 0 Å². The lowest BCUT2D eigenvalue weighted by molar-refractivity contribution is 0.0630. The summed E-state index contributed by atoms with van der Waals surface area (Å²) in [6, 6.07) is 12.8. The van der Waals surface area contributed by atoms with Crippen molar-refractivity contribution in [2.45, 2.75) is 29.9 Å². The molecule has 3 rings (SSSR count). The Morgan fingerprint density at radius 2 is 1.94 bits per heavy atom. The van der Waals surface area contributed by atoms with Gasteiger partial charge in [-0.25, -0.2) is 13.1 Å². The summed E-state index contributed by atoms with van der Waals surface area (Å²) in [5, 5.41) is 20.1. The number of piperidine rings is 1. The number of hydrogen-bond donors (Lipinski definition) is 2. The van der Waals surface area contributed by atoms with Crippen LogP contribution in [-0.4, -0.2) is 56.8 Å². The Hall–Kier alpha value is -1.86. The van der Waals surface area contributed by atoms with Gasteiger partial charge >= 0.3 is 0 Å². The van der Waals surface area contributed by atoms with E-state index in [9.17, 15) is 13.5 Å². The number of benzene rings is 2. The van der Waals surface area contributed by atoms with Gasteiger partial charge in [-0.05, 0) is 43.2 Å². The molecule has 0 bridgehead atoms. The standard InChI is InChI=1S/C21H23Cl2N3O4S/c22-20-5-4-18(11-21(20)23)30-17-6-8-26(9-7-17)14-16(27)13-25-31(28,29)19-3-1-2-15(10-19)12-24/h1-5,10-11,16-17,25,27H,6-9,13-14H2. The third kappa shape index (κ3) is 6.81. The lowest BCUT2D eigenvalue weighted by Crippen LogP contribution is -2.45. The molecule has 2 aromatic carbocycles. The minimum atomic E-state index is -3.80. The second-order valence-corrected chi connectivity index (χ2v) is 9.92. The maximum atomic E-state index is 12.4. The van der Waals surface area contributed by atoms with E-state index in [1.807, 2.05) is 6.07 Å². The molecule has 1 atom stereocenters. The molecule has 7 nitrogen and oxygen atoms in total. The van der Waals surface area contributed by atoms with Crippen LogP contribution in [0.25, 0.3) is 0 Å². The third-order valence-corrected chi connectivity index (χ3v) is 7.14. The zero-order valence-electron chi connectivity index (χ0n) is 16.7. The van der Waals surface area contributed by atoms with Gasteiger partial charge in [0.1, 0.15) is 11.9 Å². The van der Waals surface area contributed by atoms with Crippen LogP contribution in [0.15, 0.2) is 47.4 Å². The Labute approximate surface area is 192 Å². The van der Waals surface area contributed by atoms with E-state index < -0.39 is 16.1 Å². The van der Waals surface area contributed by atoms with Crippen molar-refractivity contribution in [3.63, 3.8) is 0 Å². The van der Waals surface area contributed by atoms with Crippen LogP contribution >= 0.6 is 23.2 Å². The maximum absolute atomic E-state index is 12.4. The Kier molecular flexibility index (Phi) is 8.17. The SMILES string of the molecule is N#Cc1cccc(S(=O)(=O)NCC(O)CN2CCC(Oc3ccc(Cl)c(Cl)c3)CC2)c1. The van der Waals surface area contributed by atoms with E-state index in [1.165, 1.54) is 24.3 Å². The number of likely N-dealkylation sites (tertiary alicyclic amines) is 1. The Morgan fingerprint density at radius 1 is 1.19 bits per heavy atom. The van der Waals surface area contributed by atoms with Crippen molar-refractivity contribution in [1.29, 1.82) is 5.26 Å². The molecule has 0 spiro atoms. The molecule has 1 heterocycles. The van der Waals surface area contributed by atoms with Crippen LogP contribution in [0.2, 0.25) is 10.0 Å². The summed E-state index contributed by atoms with van der Waals surface area (Å²) in [4.78, 5) is 2.07. The molecule has 1 fully saturated rings. The highest BCUT2D eigenvalue weighted by Gasteiger charge is 2.23. The number of aliphatic hydroxyl groups excluding tert-OH is 1. The molecular formula is C21H23Cl2N3O4S. The van der Waals surface area contributed by atoms with Gasteiger partial charge in [0.2, 0.25) is 10.0 Å². The molecule has 1 saturated heterocycles. The van der Waals surface area contributed by atoms with Gasteiger partial charge in [0.25, 0.3) is 0 Å². The lowest BCUT2D eigenvalue weighted by Gasteiger charge is -2.33. The smallest absolute Gasteiger partial charge is 0.240 e. The molecule has 1 aliphatic heterocycles. The molecular weight excluding hydrogens is 461 g/mol. The van der Waals surface area contributed by atoms with Gasteiger partial charge < -0.3 is 14.7 Å². The zero-order valence-corrected chi connectivity index (χ0v) is 19.0. The van der Waals surface area contributed by atoms with Crippen LogP contribution < -0.4 is 9.46 Å². The molecule has 2 N–H and O–H groups in total. The zero-order chi connectivity index (χ0) is 22.4. The summed E-state index contributed by atoms with van der Waals surface area (Å²) in [7, 11) is -3.80. The average Bonchev–Trinajstić information content (AvgIpc) is 2.76. The van der Waals surface area contributed by atoms with Gasteiger partial charge in [0.15, 0.2) is 0 Å². The first-order valence-electron chi connectivity index (χ1n) is 9.79. The topological polar surface area (TPSA) is 103 Å². The summed E-state index contributed by atoms with van der Waals surface area (Å²) < 4.78 is 33.1. The third-order valence-electron chi connectivity index (χ3n) is 4.98. The minimum absolute atomic E-state index is 0.000911. The van der Waals surface area contributed by atoms with E-state index in [1.54, 1.807) is 18.2 Å². The summed E-state index contributed by atoms with van der Waals surface area (Å²) in [5.41, 5.74) is 0.259. The van der Waals surface area contributed by atoms with Crippen molar-refractivity contribution in [3.05, 3.63) is 58.1 Å². The second kappa shape index (κ2) is 10.6. The van der Waals surface area contributed by atoms with Crippen molar-refractivity contribution in [1.82, 2.24) is 9.62 Å². The second-order valence-electron chi connectivity index (χ2n) is 7.34. The number of aliphatic hydroxyl groups is 1. The quantitative estimate of drug-likeness (QED) is 0.597. The molecule has 1 unspecified atom stereocenters. The van der Waals surface area contributed by atoms with E-state index in [-0.39, 0.29) is 23.1 Å². The fraction of sp³-hybridized carbons (Fsp3) is 0.381. The van der Waals surface area contributed by atoms with Crippen LogP contribution in [0, 0.1) is 11.3 Å². The number of ether oxygens (including phenoxy) is 1. The highest BCUT2D eigenvalue weighted by atomic mass is 35.5. The first kappa shape index (κ1) is 23.8. The summed E-state index contributed by atoms with van der Waals surface area (Å²) in [6.07, 6.45) is 0.734. The molecule has 1 aliphatic rings. The molecule has 0 amide bonds. The molecule has 2 aromatic rings. The minimum Gasteiger partial charge on any atom is -0.490 e. The van der Waals surface area contributed by atoms with Crippen molar-refractivity contribution in [3.8, 4) is 11.8 Å². The van der Waals surface area contributed by atoms with Crippen LogP contribution in [0.3, 0.4) is 0 Å². The molecule has 10 heteroatoms. The van der Waals surface area contributed by atoms with E-state index in [0.717, 1.165) is 25.9 Å². The van der Waals surface area contributed by atoms with Gasteiger partial charge in [-0.2, -0.15) is 5.26 Å². The largest absolute Gasteiger partial charge is 0.490 e. The van der Waals surface area contributed by atoms with Crippen molar-refractivity contribution in [2.24, 2.45) is 0 Å². The van der Waals surface area contributed by atoms with Crippen molar-refractivity contribution < 1.29 is 18.3 Å². The maximum Gasteiger partial charge on any atom is 0.240 e. The van der Waals surface area contributed by atoms with Crippen LogP contribution in [0.4, 0.5) is 0 Å². The number of sulfonamides is 1. The molecule has 0 aliphatic carbocycles. The van der Waals surface area contributed by atoms with Gasteiger partial charge in [-0.3, -0.25) is 0 Å².